The summed E-state index contributed by atoms with van der Waals surface area (Å²) in [5.41, 5.74) is -0.819. The van der Waals surface area contributed by atoms with Crippen molar-refractivity contribution in [3.63, 3.8) is 0 Å². The number of allylic oxidation sites excluding steroid dienone is 1. The Morgan fingerprint density at radius 1 is 1.45 bits per heavy atom. The molecule has 5 heteroatoms. The second kappa shape index (κ2) is 4.59. The van der Waals surface area contributed by atoms with E-state index in [1.165, 1.54) is 6.08 Å². The lowest BCUT2D eigenvalue weighted by atomic mass is 9.64. The van der Waals surface area contributed by atoms with E-state index in [9.17, 15) is 14.7 Å². The third-order valence-electron chi connectivity index (χ3n) is 4.01. The molecule has 1 heterocycles. The van der Waals surface area contributed by atoms with Crippen molar-refractivity contribution >= 4 is 11.8 Å². The molecule has 2 aliphatic rings. The van der Waals surface area contributed by atoms with Crippen molar-refractivity contribution in [2.24, 2.45) is 5.41 Å². The zero-order valence-corrected chi connectivity index (χ0v) is 11.8. The third kappa shape index (κ3) is 2.18. The van der Waals surface area contributed by atoms with E-state index in [2.05, 4.69) is 0 Å². The Balaban J connectivity index is 2.36. The molecule has 0 aromatic carbocycles. The number of ketones is 1. The number of hydrogen-bond acceptors (Lipinski definition) is 4. The molecule has 1 aliphatic heterocycles. The van der Waals surface area contributed by atoms with Crippen molar-refractivity contribution in [1.82, 2.24) is 0 Å². The highest BCUT2D eigenvalue weighted by atomic mass is 16.5. The minimum absolute atomic E-state index is 0.0111. The minimum Gasteiger partial charge on any atom is -0.481 e. The lowest BCUT2D eigenvalue weighted by Gasteiger charge is -2.44. The van der Waals surface area contributed by atoms with Gasteiger partial charge in [-0.1, -0.05) is 19.9 Å². The van der Waals surface area contributed by atoms with Crippen molar-refractivity contribution in [2.75, 3.05) is 6.61 Å². The van der Waals surface area contributed by atoms with Gasteiger partial charge in [-0.25, -0.2) is 4.79 Å². The van der Waals surface area contributed by atoms with Gasteiger partial charge in [-0.15, -0.1) is 0 Å². The summed E-state index contributed by atoms with van der Waals surface area (Å²) >= 11 is 0. The molecule has 1 atom stereocenters. The second-order valence-electron chi connectivity index (χ2n) is 5.90. The maximum Gasteiger partial charge on any atom is 0.371 e. The van der Waals surface area contributed by atoms with Crippen LogP contribution in [0.4, 0.5) is 0 Å². The summed E-state index contributed by atoms with van der Waals surface area (Å²) in [7, 11) is 0. The van der Waals surface area contributed by atoms with Crippen LogP contribution in [0, 0.1) is 5.41 Å². The molecule has 0 bridgehead atoms. The molecule has 0 aromatic heterocycles. The van der Waals surface area contributed by atoms with Gasteiger partial charge >= 0.3 is 5.97 Å². The zero-order chi connectivity index (χ0) is 15.1. The van der Waals surface area contributed by atoms with Crippen LogP contribution >= 0.6 is 0 Å². The Labute approximate surface area is 117 Å². The second-order valence-corrected chi connectivity index (χ2v) is 5.90. The normalized spacial score (nSPS) is 29.0. The van der Waals surface area contributed by atoms with E-state index in [0.717, 1.165) is 0 Å². The molecule has 0 spiro atoms. The third-order valence-corrected chi connectivity index (χ3v) is 4.01. The van der Waals surface area contributed by atoms with E-state index >= 15 is 0 Å². The van der Waals surface area contributed by atoms with Crippen LogP contribution < -0.4 is 0 Å². The van der Waals surface area contributed by atoms with E-state index in [0.29, 0.717) is 11.1 Å². The van der Waals surface area contributed by atoms with Gasteiger partial charge in [-0.2, -0.15) is 0 Å². The van der Waals surface area contributed by atoms with Gasteiger partial charge in [0.25, 0.3) is 0 Å². The molecule has 5 nitrogen and oxygen atoms in total. The Morgan fingerprint density at radius 3 is 2.55 bits per heavy atom. The van der Waals surface area contributed by atoms with Crippen LogP contribution in [-0.4, -0.2) is 34.2 Å². The molecule has 0 saturated carbocycles. The van der Waals surface area contributed by atoms with Gasteiger partial charge in [0.15, 0.2) is 5.78 Å². The lowest BCUT2D eigenvalue weighted by Crippen LogP contribution is -2.48. The Bertz CT molecular complexity index is 565. The summed E-state index contributed by atoms with van der Waals surface area (Å²) in [5, 5.41) is 19.7. The maximum atomic E-state index is 11.6. The molecule has 0 radical (unpaired) electrons. The van der Waals surface area contributed by atoms with Gasteiger partial charge in [0.1, 0.15) is 12.2 Å². The number of carbonyl (C=O) groups is 2. The fourth-order valence-electron chi connectivity index (χ4n) is 2.64. The average molecular weight is 278 g/mol. The lowest BCUT2D eigenvalue weighted by molar-refractivity contribution is -0.137. The fraction of sp³-hybridized carbons (Fsp3) is 0.467. The molecule has 0 saturated heterocycles. The first kappa shape index (κ1) is 14.5. The standard InChI is InChI=1S/C15H18O5/c1-9-6-11(16)7-14(2,3)15(9,19)5-4-10-8-20-12(10)13(17)18/h4-6,19H,7-8H2,1-3H3,(H,17,18)/b5-4+. The fourth-order valence-corrected chi connectivity index (χ4v) is 2.64. The van der Waals surface area contributed by atoms with Crippen LogP contribution in [0.15, 0.2) is 35.1 Å². The van der Waals surface area contributed by atoms with Gasteiger partial charge < -0.3 is 14.9 Å². The topological polar surface area (TPSA) is 83.8 Å². The predicted octanol–water partition coefficient (Wildman–Crippen LogP) is 1.59. The first-order chi connectivity index (χ1) is 9.17. The molecular formula is C15H18O5. The van der Waals surface area contributed by atoms with Crippen LogP contribution in [0.5, 0.6) is 0 Å². The molecule has 1 aliphatic carbocycles. The van der Waals surface area contributed by atoms with Gasteiger partial charge in [0.2, 0.25) is 5.76 Å². The average Bonchev–Trinajstić information content (AvgIpc) is 2.23. The number of aliphatic carboxylic acids is 1. The Morgan fingerprint density at radius 2 is 2.10 bits per heavy atom. The van der Waals surface area contributed by atoms with Crippen molar-refractivity contribution in [1.29, 1.82) is 0 Å². The van der Waals surface area contributed by atoms with Crippen molar-refractivity contribution in [3.8, 4) is 0 Å². The molecule has 20 heavy (non-hydrogen) atoms. The SMILES string of the molecule is CC1=CC(=O)CC(C)(C)C1(O)/C=C/C1=C(C(=O)O)OC1. The van der Waals surface area contributed by atoms with Crippen LogP contribution in [0.1, 0.15) is 27.2 Å². The van der Waals surface area contributed by atoms with Gasteiger partial charge in [0, 0.05) is 17.4 Å². The van der Waals surface area contributed by atoms with Gasteiger partial charge in [-0.05, 0) is 24.6 Å². The van der Waals surface area contributed by atoms with Crippen LogP contribution in [0.2, 0.25) is 0 Å². The number of aliphatic hydroxyl groups is 1. The number of carbonyl (C=O) groups excluding carboxylic acids is 1. The molecule has 1 unspecified atom stereocenters. The van der Waals surface area contributed by atoms with E-state index in [1.807, 2.05) is 13.8 Å². The number of rotatable bonds is 3. The molecule has 0 aromatic rings. The highest BCUT2D eigenvalue weighted by molar-refractivity contribution is 5.93. The minimum atomic E-state index is -1.27. The predicted molar refractivity (Wildman–Crippen MR) is 71.9 cm³/mol. The smallest absolute Gasteiger partial charge is 0.371 e. The summed E-state index contributed by atoms with van der Waals surface area (Å²) < 4.78 is 4.85. The maximum absolute atomic E-state index is 11.6. The first-order valence-corrected chi connectivity index (χ1v) is 6.40. The summed E-state index contributed by atoms with van der Waals surface area (Å²) in [4.78, 5) is 22.4. The van der Waals surface area contributed by atoms with Crippen LogP contribution in [0.3, 0.4) is 0 Å². The van der Waals surface area contributed by atoms with Crippen LogP contribution in [0.25, 0.3) is 0 Å². The monoisotopic (exact) mass is 278 g/mol. The highest BCUT2D eigenvalue weighted by Crippen LogP contribution is 2.44. The molecule has 0 fully saturated rings. The number of carboxylic acid groups (broad SMARTS) is 1. The van der Waals surface area contributed by atoms with Crippen LogP contribution in [-0.2, 0) is 14.3 Å². The summed E-state index contributed by atoms with van der Waals surface area (Å²) in [6.07, 6.45) is 4.82. The van der Waals surface area contributed by atoms with E-state index in [1.54, 1.807) is 19.1 Å². The van der Waals surface area contributed by atoms with E-state index in [-0.39, 0.29) is 24.6 Å². The molecule has 108 valence electrons. The van der Waals surface area contributed by atoms with E-state index < -0.39 is 17.0 Å². The summed E-state index contributed by atoms with van der Waals surface area (Å²) in [6.45, 7) is 5.55. The largest absolute Gasteiger partial charge is 0.481 e. The Hall–Kier alpha value is -1.88. The van der Waals surface area contributed by atoms with Crippen molar-refractivity contribution < 1.29 is 24.5 Å². The highest BCUT2D eigenvalue weighted by Gasteiger charge is 2.46. The van der Waals surface area contributed by atoms with Gasteiger partial charge in [-0.3, -0.25) is 4.79 Å². The number of carboxylic acids is 1. The first-order valence-electron chi connectivity index (χ1n) is 6.40. The molecule has 2 rings (SSSR count). The van der Waals surface area contributed by atoms with Gasteiger partial charge in [0.05, 0.1) is 0 Å². The molecule has 2 N–H and O–H groups in total. The summed E-state index contributed by atoms with van der Waals surface area (Å²) in [6, 6.07) is 0. The molecule has 0 amide bonds. The quantitative estimate of drug-likeness (QED) is 0.819. The summed E-state index contributed by atoms with van der Waals surface area (Å²) in [5.74, 6) is -1.22. The van der Waals surface area contributed by atoms with Crippen molar-refractivity contribution in [2.45, 2.75) is 32.8 Å². The zero-order valence-electron chi connectivity index (χ0n) is 11.8. The van der Waals surface area contributed by atoms with E-state index in [4.69, 9.17) is 9.84 Å². The Kier molecular flexibility index (Phi) is 3.34. The number of ether oxygens (including phenoxy) is 1. The number of hydrogen-bond donors (Lipinski definition) is 2. The van der Waals surface area contributed by atoms with Crippen molar-refractivity contribution in [3.05, 3.63) is 35.1 Å². The molecular weight excluding hydrogens is 260 g/mol.